The number of rotatable bonds is 4. The van der Waals surface area contributed by atoms with Crippen molar-refractivity contribution in [3.63, 3.8) is 0 Å². The molecule has 1 N–H and O–H groups in total. The van der Waals surface area contributed by atoms with Gasteiger partial charge in [-0.05, 0) is 36.4 Å². The number of nitrogens with one attached hydrogen (secondary N) is 1. The molecule has 22 heavy (non-hydrogen) atoms. The first kappa shape index (κ1) is 14.9. The van der Waals surface area contributed by atoms with Gasteiger partial charge in [-0.25, -0.2) is 4.79 Å². The van der Waals surface area contributed by atoms with Crippen LogP contribution in [0.1, 0.15) is 16.8 Å². The van der Waals surface area contributed by atoms with Gasteiger partial charge in [0, 0.05) is 11.3 Å². The Morgan fingerprint density at radius 3 is 2.68 bits per heavy atom. The first-order valence-corrected chi connectivity index (χ1v) is 8.10. The van der Waals surface area contributed by atoms with E-state index in [-0.39, 0.29) is 18.2 Å². The first-order valence-electron chi connectivity index (χ1n) is 6.95. The van der Waals surface area contributed by atoms with Crippen LogP contribution in [0.4, 0.5) is 4.79 Å². The molecule has 2 aliphatic heterocycles. The van der Waals surface area contributed by atoms with Crippen molar-refractivity contribution in [2.24, 2.45) is 0 Å². The van der Waals surface area contributed by atoms with Crippen LogP contribution in [0.2, 0.25) is 0 Å². The molecule has 0 unspecified atom stereocenters. The Labute approximate surface area is 132 Å². The number of carbonyl (C=O) groups is 3. The van der Waals surface area contributed by atoms with E-state index in [4.69, 9.17) is 4.74 Å². The maximum absolute atomic E-state index is 12.5. The summed E-state index contributed by atoms with van der Waals surface area (Å²) in [5.74, 6) is 1.50. The summed E-state index contributed by atoms with van der Waals surface area (Å²) in [4.78, 5) is 37.8. The zero-order chi connectivity index (χ0) is 15.7. The van der Waals surface area contributed by atoms with Crippen molar-refractivity contribution in [2.45, 2.75) is 12.0 Å². The van der Waals surface area contributed by atoms with Crippen LogP contribution in [-0.4, -0.2) is 53.3 Å². The second kappa shape index (κ2) is 5.64. The lowest BCUT2D eigenvalue weighted by Crippen LogP contribution is -2.47. The average molecular weight is 320 g/mol. The summed E-state index contributed by atoms with van der Waals surface area (Å²) in [5.41, 5.74) is -0.356. The molecule has 1 spiro atoms. The van der Waals surface area contributed by atoms with Gasteiger partial charge in [0.1, 0.15) is 11.3 Å². The summed E-state index contributed by atoms with van der Waals surface area (Å²) in [7, 11) is 1.54. The van der Waals surface area contributed by atoms with Crippen LogP contribution in [0.3, 0.4) is 0 Å². The van der Waals surface area contributed by atoms with E-state index >= 15 is 0 Å². The molecule has 2 aliphatic rings. The summed E-state index contributed by atoms with van der Waals surface area (Å²) in [5, 5.41) is 2.75. The lowest BCUT2D eigenvalue weighted by molar-refractivity contribution is -0.130. The van der Waals surface area contributed by atoms with Gasteiger partial charge in [0.15, 0.2) is 5.78 Å². The smallest absolute Gasteiger partial charge is 0.325 e. The molecule has 2 heterocycles. The Balaban J connectivity index is 1.73. The van der Waals surface area contributed by atoms with Crippen molar-refractivity contribution >= 4 is 29.5 Å². The largest absolute Gasteiger partial charge is 0.497 e. The van der Waals surface area contributed by atoms with Crippen molar-refractivity contribution in [2.75, 3.05) is 25.2 Å². The van der Waals surface area contributed by atoms with Crippen molar-refractivity contribution in [1.82, 2.24) is 10.2 Å². The molecule has 1 atom stereocenters. The van der Waals surface area contributed by atoms with E-state index in [9.17, 15) is 14.4 Å². The Bertz CT molecular complexity index is 623. The third kappa shape index (κ3) is 2.45. The van der Waals surface area contributed by atoms with Gasteiger partial charge in [0.25, 0.3) is 5.91 Å². The van der Waals surface area contributed by atoms with Crippen molar-refractivity contribution in [3.8, 4) is 5.75 Å². The number of nitrogens with zero attached hydrogens (tertiary/aromatic N) is 1. The van der Waals surface area contributed by atoms with Crippen molar-refractivity contribution in [1.29, 1.82) is 0 Å². The standard InChI is InChI=1S/C15H16N2O4S/c1-21-11-4-2-10(3-5-11)12(18)8-17-13(19)15(16-14(17)20)6-7-22-9-15/h2-5H,6-9H2,1H3,(H,16,20)/t15-/m0/s1. The zero-order valence-electron chi connectivity index (χ0n) is 12.1. The fourth-order valence-corrected chi connectivity index (χ4v) is 3.99. The number of amides is 3. The highest BCUT2D eigenvalue weighted by atomic mass is 32.2. The molecule has 7 heteroatoms. The SMILES string of the molecule is COc1ccc(C(=O)CN2C(=O)N[C@]3(CCSC3)C2=O)cc1. The number of ketones is 1. The Hall–Kier alpha value is -2.02. The van der Waals surface area contributed by atoms with Gasteiger partial charge in [0.05, 0.1) is 13.7 Å². The lowest BCUT2D eigenvalue weighted by Gasteiger charge is -2.18. The molecule has 0 bridgehead atoms. The molecule has 0 aromatic heterocycles. The highest BCUT2D eigenvalue weighted by molar-refractivity contribution is 7.99. The second-order valence-corrected chi connectivity index (χ2v) is 6.46. The van der Waals surface area contributed by atoms with E-state index in [1.165, 1.54) is 0 Å². The van der Waals surface area contributed by atoms with Crippen LogP contribution in [0.5, 0.6) is 5.75 Å². The quantitative estimate of drug-likeness (QED) is 0.668. The minimum atomic E-state index is -0.804. The maximum Gasteiger partial charge on any atom is 0.325 e. The van der Waals surface area contributed by atoms with E-state index in [2.05, 4.69) is 5.32 Å². The van der Waals surface area contributed by atoms with E-state index < -0.39 is 11.6 Å². The topological polar surface area (TPSA) is 75.7 Å². The summed E-state index contributed by atoms with van der Waals surface area (Å²) < 4.78 is 5.04. The van der Waals surface area contributed by atoms with Crippen LogP contribution in [0, 0.1) is 0 Å². The first-order chi connectivity index (χ1) is 10.6. The normalized spacial score (nSPS) is 24.0. The molecule has 116 valence electrons. The third-order valence-corrected chi connectivity index (χ3v) is 5.17. The number of urea groups is 1. The zero-order valence-corrected chi connectivity index (χ0v) is 12.9. The van der Waals surface area contributed by atoms with Crippen LogP contribution in [0.25, 0.3) is 0 Å². The highest BCUT2D eigenvalue weighted by Gasteiger charge is 2.53. The number of methoxy groups -OCH3 is 1. The van der Waals surface area contributed by atoms with Crippen LogP contribution < -0.4 is 10.1 Å². The molecule has 3 amide bonds. The van der Waals surface area contributed by atoms with Gasteiger partial charge < -0.3 is 10.1 Å². The van der Waals surface area contributed by atoms with Gasteiger partial charge in [0.2, 0.25) is 0 Å². The third-order valence-electron chi connectivity index (χ3n) is 3.98. The molecule has 6 nitrogen and oxygen atoms in total. The fourth-order valence-electron chi connectivity index (χ4n) is 2.66. The second-order valence-electron chi connectivity index (χ2n) is 5.36. The molecule has 0 saturated carbocycles. The fraction of sp³-hybridized carbons (Fsp3) is 0.400. The minimum Gasteiger partial charge on any atom is -0.497 e. The van der Waals surface area contributed by atoms with Gasteiger partial charge in [-0.3, -0.25) is 14.5 Å². The molecule has 1 aromatic rings. The lowest BCUT2D eigenvalue weighted by atomic mass is 9.99. The monoisotopic (exact) mass is 320 g/mol. The average Bonchev–Trinajstić information content (AvgIpc) is 3.09. The Morgan fingerprint density at radius 2 is 2.09 bits per heavy atom. The van der Waals surface area contributed by atoms with Crippen LogP contribution >= 0.6 is 11.8 Å². The van der Waals surface area contributed by atoms with Gasteiger partial charge in [-0.15, -0.1) is 0 Å². The molecule has 0 radical (unpaired) electrons. The number of thioether (sulfide) groups is 1. The summed E-state index contributed by atoms with van der Waals surface area (Å²) in [6.07, 6.45) is 0.621. The highest BCUT2D eigenvalue weighted by Crippen LogP contribution is 2.33. The van der Waals surface area contributed by atoms with E-state index in [1.807, 2.05) is 0 Å². The van der Waals surface area contributed by atoms with Crippen molar-refractivity contribution < 1.29 is 19.1 Å². The summed E-state index contributed by atoms with van der Waals surface area (Å²) in [6, 6.07) is 6.12. The van der Waals surface area contributed by atoms with Crippen molar-refractivity contribution in [3.05, 3.63) is 29.8 Å². The van der Waals surface area contributed by atoms with Gasteiger partial charge in [-0.1, -0.05) is 0 Å². The molecular weight excluding hydrogens is 304 g/mol. The summed E-state index contributed by atoms with van der Waals surface area (Å²) >= 11 is 1.64. The number of ether oxygens (including phenoxy) is 1. The maximum atomic E-state index is 12.5. The predicted molar refractivity (Wildman–Crippen MR) is 82.2 cm³/mol. The molecular formula is C15H16N2O4S. The van der Waals surface area contributed by atoms with Crippen LogP contribution in [0.15, 0.2) is 24.3 Å². The Kier molecular flexibility index (Phi) is 3.82. The molecule has 1 aromatic carbocycles. The van der Waals surface area contributed by atoms with Crippen LogP contribution in [-0.2, 0) is 4.79 Å². The van der Waals surface area contributed by atoms with E-state index in [0.717, 1.165) is 10.7 Å². The predicted octanol–water partition coefficient (Wildman–Crippen LogP) is 1.31. The number of carbonyl (C=O) groups excluding carboxylic acids is 3. The number of benzene rings is 1. The van der Waals surface area contributed by atoms with E-state index in [0.29, 0.717) is 23.5 Å². The molecule has 2 saturated heterocycles. The van der Waals surface area contributed by atoms with Gasteiger partial charge in [-0.2, -0.15) is 11.8 Å². The molecule has 0 aliphatic carbocycles. The Morgan fingerprint density at radius 1 is 1.36 bits per heavy atom. The minimum absolute atomic E-state index is 0.233. The van der Waals surface area contributed by atoms with E-state index in [1.54, 1.807) is 43.1 Å². The summed E-state index contributed by atoms with van der Waals surface area (Å²) in [6.45, 7) is -0.233. The number of hydrogen-bond acceptors (Lipinski definition) is 5. The molecule has 2 fully saturated rings. The number of Topliss-reactive ketones (excluding diaryl/α,β-unsaturated/α-hetero) is 1. The molecule has 3 rings (SSSR count). The number of imide groups is 1. The van der Waals surface area contributed by atoms with Gasteiger partial charge >= 0.3 is 6.03 Å². The number of hydrogen-bond donors (Lipinski definition) is 1.